The van der Waals surface area contributed by atoms with Gasteiger partial charge in [-0.2, -0.15) is 0 Å². The van der Waals surface area contributed by atoms with Crippen molar-refractivity contribution in [3.05, 3.63) is 58.1 Å². The fourth-order valence-electron chi connectivity index (χ4n) is 2.10. The molecule has 0 saturated carbocycles. The number of carbonyl (C=O) groups is 1. The van der Waals surface area contributed by atoms with Crippen LogP contribution in [0, 0.1) is 0 Å². The Bertz CT molecular complexity index is 658. The second kappa shape index (κ2) is 7.70. The van der Waals surface area contributed by atoms with Crippen molar-refractivity contribution in [1.82, 2.24) is 4.90 Å². The predicted octanol–water partition coefficient (Wildman–Crippen LogP) is 4.45. The van der Waals surface area contributed by atoms with Crippen LogP contribution in [-0.2, 0) is 6.54 Å². The standard InChI is InChI=1S/C17H18BrNO2S/c1-19(11-12-4-7-14(22-3)8-5-12)17(20)13-6-9-16(21-2)15(18)10-13/h4-10H,11H2,1-3H3. The molecule has 0 heterocycles. The average Bonchev–Trinajstić information content (AvgIpc) is 2.54. The summed E-state index contributed by atoms with van der Waals surface area (Å²) in [6.07, 6.45) is 2.05. The highest BCUT2D eigenvalue weighted by atomic mass is 79.9. The number of amides is 1. The zero-order chi connectivity index (χ0) is 16.1. The Morgan fingerprint density at radius 1 is 1.23 bits per heavy atom. The maximum absolute atomic E-state index is 12.5. The van der Waals surface area contributed by atoms with E-state index in [1.54, 1.807) is 42.0 Å². The molecule has 3 nitrogen and oxygen atoms in total. The summed E-state index contributed by atoms with van der Waals surface area (Å²) >= 11 is 5.12. The number of benzene rings is 2. The van der Waals surface area contributed by atoms with E-state index in [4.69, 9.17) is 4.74 Å². The van der Waals surface area contributed by atoms with E-state index >= 15 is 0 Å². The lowest BCUT2D eigenvalue weighted by molar-refractivity contribution is 0.0785. The number of halogens is 1. The summed E-state index contributed by atoms with van der Waals surface area (Å²) in [4.78, 5) is 15.4. The minimum Gasteiger partial charge on any atom is -0.496 e. The molecule has 1 amide bonds. The van der Waals surface area contributed by atoms with Crippen molar-refractivity contribution >= 4 is 33.6 Å². The Morgan fingerprint density at radius 3 is 2.45 bits per heavy atom. The molecule has 0 radical (unpaired) electrons. The fraction of sp³-hybridized carbons (Fsp3) is 0.235. The van der Waals surface area contributed by atoms with E-state index in [0.29, 0.717) is 17.9 Å². The number of hydrogen-bond acceptors (Lipinski definition) is 3. The molecule has 2 aromatic rings. The number of rotatable bonds is 5. The van der Waals surface area contributed by atoms with Gasteiger partial charge in [0, 0.05) is 24.1 Å². The number of ether oxygens (including phenoxy) is 1. The number of nitrogens with zero attached hydrogens (tertiary/aromatic N) is 1. The minimum atomic E-state index is -0.0164. The molecule has 22 heavy (non-hydrogen) atoms. The Labute approximate surface area is 143 Å². The van der Waals surface area contributed by atoms with Gasteiger partial charge in [0.15, 0.2) is 0 Å². The molecule has 0 unspecified atom stereocenters. The third kappa shape index (κ3) is 4.05. The highest BCUT2D eigenvalue weighted by molar-refractivity contribution is 9.10. The molecule has 0 aromatic heterocycles. The van der Waals surface area contributed by atoms with Crippen LogP contribution in [0.5, 0.6) is 5.75 Å². The Morgan fingerprint density at radius 2 is 1.91 bits per heavy atom. The van der Waals surface area contributed by atoms with Gasteiger partial charge in [0.2, 0.25) is 0 Å². The number of thioether (sulfide) groups is 1. The summed E-state index contributed by atoms with van der Waals surface area (Å²) in [5.74, 6) is 0.698. The molecule has 0 saturated heterocycles. The monoisotopic (exact) mass is 379 g/mol. The second-order valence-corrected chi connectivity index (χ2v) is 6.59. The summed E-state index contributed by atoms with van der Waals surface area (Å²) in [5, 5.41) is 0. The molecule has 116 valence electrons. The highest BCUT2D eigenvalue weighted by Gasteiger charge is 2.14. The summed E-state index contributed by atoms with van der Waals surface area (Å²) < 4.78 is 5.96. The van der Waals surface area contributed by atoms with E-state index in [9.17, 15) is 4.79 Å². The van der Waals surface area contributed by atoms with E-state index in [1.165, 1.54) is 4.90 Å². The van der Waals surface area contributed by atoms with Gasteiger partial charge in [-0.1, -0.05) is 12.1 Å². The van der Waals surface area contributed by atoms with Crippen molar-refractivity contribution in [2.45, 2.75) is 11.4 Å². The van der Waals surface area contributed by atoms with Crippen molar-refractivity contribution in [3.63, 3.8) is 0 Å². The fourth-order valence-corrected chi connectivity index (χ4v) is 3.05. The summed E-state index contributed by atoms with van der Waals surface area (Å²) in [6.45, 7) is 0.580. The van der Waals surface area contributed by atoms with Crippen LogP contribution in [0.3, 0.4) is 0 Å². The van der Waals surface area contributed by atoms with E-state index < -0.39 is 0 Å². The van der Waals surface area contributed by atoms with Crippen molar-refractivity contribution in [1.29, 1.82) is 0 Å². The van der Waals surface area contributed by atoms with E-state index in [0.717, 1.165) is 10.0 Å². The van der Waals surface area contributed by atoms with Crippen LogP contribution in [0.1, 0.15) is 15.9 Å². The molecule has 0 atom stereocenters. The highest BCUT2D eigenvalue weighted by Crippen LogP contribution is 2.26. The SMILES string of the molecule is COc1ccc(C(=O)N(C)Cc2ccc(SC)cc2)cc1Br. The first-order chi connectivity index (χ1) is 10.5. The van der Waals surface area contributed by atoms with Crippen LogP contribution < -0.4 is 4.74 Å². The lowest BCUT2D eigenvalue weighted by atomic mass is 10.1. The molecule has 0 aliphatic heterocycles. The first-order valence-corrected chi connectivity index (χ1v) is 8.79. The number of carbonyl (C=O) groups excluding carboxylic acids is 1. The second-order valence-electron chi connectivity index (χ2n) is 4.86. The molecular weight excluding hydrogens is 362 g/mol. The smallest absolute Gasteiger partial charge is 0.253 e. The van der Waals surface area contributed by atoms with Gasteiger partial charge in [-0.15, -0.1) is 11.8 Å². The summed E-state index contributed by atoms with van der Waals surface area (Å²) in [7, 11) is 3.41. The topological polar surface area (TPSA) is 29.5 Å². The largest absolute Gasteiger partial charge is 0.496 e. The molecule has 0 fully saturated rings. The van der Waals surface area contributed by atoms with E-state index in [1.807, 2.05) is 13.3 Å². The van der Waals surface area contributed by atoms with Crippen LogP contribution in [0.2, 0.25) is 0 Å². The molecule has 0 aliphatic carbocycles. The zero-order valence-electron chi connectivity index (χ0n) is 12.8. The van der Waals surface area contributed by atoms with Gasteiger partial charge in [-0.05, 0) is 58.1 Å². The van der Waals surface area contributed by atoms with Crippen LogP contribution in [-0.4, -0.2) is 31.2 Å². The van der Waals surface area contributed by atoms with Crippen LogP contribution in [0.4, 0.5) is 0 Å². The van der Waals surface area contributed by atoms with Crippen molar-refractivity contribution in [2.24, 2.45) is 0 Å². The van der Waals surface area contributed by atoms with Gasteiger partial charge < -0.3 is 9.64 Å². The maximum atomic E-state index is 12.5. The molecule has 2 aromatic carbocycles. The zero-order valence-corrected chi connectivity index (χ0v) is 15.2. The van der Waals surface area contributed by atoms with Gasteiger partial charge in [0.25, 0.3) is 5.91 Å². The van der Waals surface area contributed by atoms with Crippen molar-refractivity contribution in [3.8, 4) is 5.75 Å². The summed E-state index contributed by atoms with van der Waals surface area (Å²) in [6, 6.07) is 13.6. The minimum absolute atomic E-state index is 0.0164. The van der Waals surface area contributed by atoms with Gasteiger partial charge >= 0.3 is 0 Å². The third-order valence-corrected chi connectivity index (χ3v) is 4.69. The number of hydrogen-bond donors (Lipinski definition) is 0. The average molecular weight is 380 g/mol. The molecule has 0 bridgehead atoms. The third-order valence-electron chi connectivity index (χ3n) is 3.32. The predicted molar refractivity (Wildman–Crippen MR) is 94.7 cm³/mol. The summed E-state index contributed by atoms with van der Waals surface area (Å²) in [5.41, 5.74) is 1.75. The maximum Gasteiger partial charge on any atom is 0.253 e. The van der Waals surface area contributed by atoms with E-state index in [2.05, 4.69) is 40.2 Å². The van der Waals surface area contributed by atoms with Crippen LogP contribution in [0.25, 0.3) is 0 Å². The normalized spacial score (nSPS) is 10.4. The quantitative estimate of drug-likeness (QED) is 0.718. The van der Waals surface area contributed by atoms with Gasteiger partial charge in [-0.25, -0.2) is 0 Å². The molecule has 0 aliphatic rings. The lowest BCUT2D eigenvalue weighted by Gasteiger charge is -2.18. The Balaban J connectivity index is 2.09. The van der Waals surface area contributed by atoms with Crippen LogP contribution in [0.15, 0.2) is 51.8 Å². The number of methoxy groups -OCH3 is 1. The molecular formula is C17H18BrNO2S. The lowest BCUT2D eigenvalue weighted by Crippen LogP contribution is -2.26. The first kappa shape index (κ1) is 16.9. The molecule has 5 heteroatoms. The Hall–Kier alpha value is -1.46. The van der Waals surface area contributed by atoms with Gasteiger partial charge in [0.1, 0.15) is 5.75 Å². The Kier molecular flexibility index (Phi) is 5.91. The van der Waals surface area contributed by atoms with Gasteiger partial charge in [-0.3, -0.25) is 4.79 Å². The van der Waals surface area contributed by atoms with Gasteiger partial charge in [0.05, 0.1) is 11.6 Å². The first-order valence-electron chi connectivity index (χ1n) is 6.77. The molecule has 2 rings (SSSR count). The van der Waals surface area contributed by atoms with E-state index in [-0.39, 0.29) is 5.91 Å². The molecule has 0 spiro atoms. The van der Waals surface area contributed by atoms with Crippen molar-refractivity contribution < 1.29 is 9.53 Å². The van der Waals surface area contributed by atoms with Crippen molar-refractivity contribution in [2.75, 3.05) is 20.4 Å². The van der Waals surface area contributed by atoms with Crippen LogP contribution >= 0.6 is 27.7 Å². The molecule has 0 N–H and O–H groups in total.